The normalized spacial score (nSPS) is 12.7. The first-order chi connectivity index (χ1) is 61.5. The molecule has 0 aliphatic rings. The molecule has 1 aromatic rings. The van der Waals surface area contributed by atoms with Crippen LogP contribution in [0.3, 0.4) is 0 Å². The Bertz CT molecular complexity index is 3580. The van der Waals surface area contributed by atoms with Crippen LogP contribution in [0.5, 0.6) is 5.75 Å². The van der Waals surface area contributed by atoms with E-state index < -0.39 is 5.60 Å². The van der Waals surface area contributed by atoms with Crippen molar-refractivity contribution in [3.8, 4) is 5.75 Å². The molecular weight excluding hydrogens is 1580 g/mol. The van der Waals surface area contributed by atoms with E-state index in [-0.39, 0.29) is 52.7 Å². The SMILES string of the molecule is CC(C)C(=O)c1ccc(N)cc1O.CC/C=C\C/C=C\C/C=C\C/C=C\C/C=C\C/C=C\CC(=O)OC(C)(C)C.CC/C=C\C/C=C\C/C=C\C/C=C\C/C=C\C/C=C\CCC(=O)C(C)C.CC/C=C\C/C=C\C/C=C\C/C=C\C/C=C\CCCC(=O)C(C)C.CC/C=C\C/C=C\C/C=C\C/C=C\C/C=C\CCCC(=O)OC(C)(C)C.CCCCCCCC(=O)C(C)C. The Balaban J connectivity index is -0.000000482. The number of unbranched alkanes of at least 4 members (excludes halogenated alkanes) is 6. The molecule has 128 heavy (non-hydrogen) atoms. The van der Waals surface area contributed by atoms with Crippen LogP contribution in [-0.2, 0) is 33.4 Å². The van der Waals surface area contributed by atoms with Crippen LogP contribution in [-0.4, -0.2) is 51.4 Å². The minimum absolute atomic E-state index is 0.0429. The van der Waals surface area contributed by atoms with Crippen LogP contribution in [0.2, 0.25) is 0 Å². The number of benzene rings is 1. The number of Topliss-reactive ketones (excluding diaryl/α,β-unsaturated/α-hetero) is 4. The van der Waals surface area contributed by atoms with E-state index >= 15 is 0 Å². The number of aromatic hydroxyl groups is 1. The maximum Gasteiger partial charge on any atom is 0.310 e. The van der Waals surface area contributed by atoms with Gasteiger partial charge in [-0.25, -0.2) is 0 Å². The number of ether oxygens (including phenoxy) is 2. The van der Waals surface area contributed by atoms with Crippen molar-refractivity contribution >= 4 is 40.8 Å². The zero-order valence-electron chi connectivity index (χ0n) is 84.4. The van der Waals surface area contributed by atoms with Gasteiger partial charge < -0.3 is 20.3 Å². The minimum Gasteiger partial charge on any atom is -0.507 e. The molecule has 0 radical (unpaired) electrons. The van der Waals surface area contributed by atoms with Crippen LogP contribution in [0.4, 0.5) is 5.69 Å². The second kappa shape index (κ2) is 98.3. The van der Waals surface area contributed by atoms with Gasteiger partial charge in [0.25, 0.3) is 0 Å². The fourth-order valence-electron chi connectivity index (χ4n) is 10.7. The van der Waals surface area contributed by atoms with Crippen molar-refractivity contribution in [3.63, 3.8) is 0 Å². The monoisotopic (exact) mass is 1760 g/mol. The molecule has 1 aromatic carbocycles. The Morgan fingerprint density at radius 2 is 0.531 bits per heavy atom. The number of allylic oxidation sites excluding steroid dienone is 43. The summed E-state index contributed by atoms with van der Waals surface area (Å²) in [5.74, 6) is 1.21. The van der Waals surface area contributed by atoms with Gasteiger partial charge in [-0.05, 0) is 233 Å². The lowest BCUT2D eigenvalue weighted by Crippen LogP contribution is -2.23. The van der Waals surface area contributed by atoms with Gasteiger partial charge in [0.15, 0.2) is 5.78 Å². The Labute approximate surface area is 785 Å². The molecule has 0 aliphatic heterocycles. The number of anilines is 1. The molecular formula is C118H185NO9. The molecule has 0 aliphatic carbocycles. The van der Waals surface area contributed by atoms with Crippen LogP contribution < -0.4 is 5.73 Å². The number of phenols is 1. The standard InChI is InChI=1S/C25H38O2.C25H38O.C24H38O2.C23H36O.C11H22O.C10H13NO2/c1-5-6-7-8-9-10-11-12-13-14-15-16-17-18-19-20-21-22-23-24(26)27-25(2,3)4;1-4-5-6-7-8-9-10-11-12-13-14-15-16-17-18-19-20-21-22-23-25(26)24(2)3;1-5-6-7-8-9-10-11-12-13-14-15-16-17-18-19-20-21-22-23(25)26-24(2,3)4;1-4-5-6-7-8-9-10-11-12-13-14-15-16-17-18-19-20-21-23(24)22(2)3;1-4-5-6-7-8-9-11(12)10(2)3;1-6(2)10(13)8-4-3-7(11)5-9(8)12/h6-7,9-10,12-13,15-16,18-19,21-22H,5,8,11,14,17,20,23H2,1-4H3;5-6,8-9,11-12,14-15,17-18,20-21,24H,4,7,10,13,16,19,22-23H2,1-3H3;6-7,9-10,12-13,15-16,18-19H,5,8,11,14,17,20-22H2,1-4H3;5-6,8-9,11-12,14-15,17-18,22H,4,7,10,13,16,19-21H2,1-3H3;10H,4-9H2,1-3H3;3-6,12H,11H2,1-2H3/b7-6-,10-9-,13-12-,16-15-,19-18-,22-21-;6-5-,9-8-,12-11-,15-14-,18-17-,21-20-;7-6-,10-9-,13-12-,16-15-,19-18-;6-5-,9-8-,12-11-,15-14-,18-17-;;. The smallest absolute Gasteiger partial charge is 0.310 e. The number of nitrogen functional groups attached to an aromatic ring is 1. The third-order valence-electron chi connectivity index (χ3n) is 18.0. The Morgan fingerprint density at radius 1 is 0.289 bits per heavy atom. The van der Waals surface area contributed by atoms with Gasteiger partial charge in [-0.2, -0.15) is 0 Å². The second-order valence-corrected chi connectivity index (χ2v) is 34.3. The average molecular weight is 1760 g/mol. The van der Waals surface area contributed by atoms with Gasteiger partial charge in [-0.1, -0.05) is 383 Å². The van der Waals surface area contributed by atoms with Crippen molar-refractivity contribution in [2.45, 2.75) is 380 Å². The molecule has 10 nitrogen and oxygen atoms in total. The number of hydrogen-bond acceptors (Lipinski definition) is 10. The van der Waals surface area contributed by atoms with E-state index in [0.717, 1.165) is 186 Å². The van der Waals surface area contributed by atoms with Gasteiger partial charge in [0.05, 0.1) is 12.0 Å². The summed E-state index contributed by atoms with van der Waals surface area (Å²) in [6.45, 7) is 37.6. The van der Waals surface area contributed by atoms with E-state index in [4.69, 9.17) is 15.2 Å². The predicted octanol–water partition coefficient (Wildman–Crippen LogP) is 34.9. The highest BCUT2D eigenvalue weighted by molar-refractivity contribution is 6.00. The van der Waals surface area contributed by atoms with Crippen molar-refractivity contribution < 1.29 is 43.3 Å². The molecule has 0 saturated heterocycles. The van der Waals surface area contributed by atoms with Gasteiger partial charge in [-0.3, -0.25) is 28.8 Å². The number of rotatable bonds is 64. The van der Waals surface area contributed by atoms with E-state index in [1.54, 1.807) is 26.0 Å². The molecule has 1 rings (SSSR count). The second-order valence-electron chi connectivity index (χ2n) is 34.3. The topological polar surface area (TPSA) is 167 Å². The van der Waals surface area contributed by atoms with E-state index in [0.29, 0.717) is 54.3 Å². The highest BCUT2D eigenvalue weighted by Gasteiger charge is 2.17. The summed E-state index contributed by atoms with van der Waals surface area (Å²) in [6, 6.07) is 4.54. The van der Waals surface area contributed by atoms with Crippen LogP contribution in [0.15, 0.2) is 286 Å². The maximum absolute atomic E-state index is 11.5. The van der Waals surface area contributed by atoms with Gasteiger partial charge >= 0.3 is 11.9 Å². The van der Waals surface area contributed by atoms with Gasteiger partial charge in [0.1, 0.15) is 34.3 Å². The van der Waals surface area contributed by atoms with Crippen molar-refractivity contribution in [1.82, 2.24) is 0 Å². The molecule has 0 aromatic heterocycles. The van der Waals surface area contributed by atoms with Crippen molar-refractivity contribution in [1.29, 1.82) is 0 Å². The Morgan fingerprint density at radius 3 is 0.797 bits per heavy atom. The number of ketones is 4. The first-order valence-corrected chi connectivity index (χ1v) is 48.9. The summed E-state index contributed by atoms with van der Waals surface area (Å²) in [5.41, 5.74) is 5.44. The molecule has 0 amide bonds. The summed E-state index contributed by atoms with van der Waals surface area (Å²) >= 11 is 0. The predicted molar refractivity (Wildman–Crippen MR) is 563 cm³/mol. The molecule has 0 unspecified atom stereocenters. The lowest BCUT2D eigenvalue weighted by Gasteiger charge is -2.19. The summed E-state index contributed by atoms with van der Waals surface area (Å²) in [4.78, 5) is 68.6. The highest BCUT2D eigenvalue weighted by Crippen LogP contribution is 2.23. The number of carbonyl (C=O) groups is 6. The molecule has 0 fully saturated rings. The van der Waals surface area contributed by atoms with Gasteiger partial charge in [-0.15, -0.1) is 0 Å². The van der Waals surface area contributed by atoms with Crippen LogP contribution in [0.1, 0.15) is 379 Å². The number of carbonyl (C=O) groups excluding carboxylic acids is 6. The Kier molecular flexibility index (Phi) is 97.7. The molecule has 10 heteroatoms. The zero-order valence-corrected chi connectivity index (χ0v) is 84.4. The quantitative estimate of drug-likeness (QED) is 0.0211. The average Bonchev–Trinajstić information content (AvgIpc) is 0.853. The van der Waals surface area contributed by atoms with E-state index in [1.807, 2.05) is 95.2 Å². The lowest BCUT2D eigenvalue weighted by atomic mass is 10.00. The van der Waals surface area contributed by atoms with Gasteiger partial charge in [0.2, 0.25) is 0 Å². The van der Waals surface area contributed by atoms with Crippen molar-refractivity contribution in [3.05, 3.63) is 291 Å². The zero-order chi connectivity index (χ0) is 96.3. The van der Waals surface area contributed by atoms with Crippen LogP contribution in [0, 0.1) is 23.7 Å². The molecule has 0 saturated carbocycles. The largest absolute Gasteiger partial charge is 0.507 e. The first-order valence-electron chi connectivity index (χ1n) is 48.9. The number of hydrogen-bond donors (Lipinski definition) is 2. The number of phenolic OH excluding ortho intramolecular Hbond substituents is 1. The first kappa shape index (κ1) is 127. The molecule has 716 valence electrons. The van der Waals surface area contributed by atoms with Crippen molar-refractivity contribution in [2.24, 2.45) is 23.7 Å². The summed E-state index contributed by atoms with van der Waals surface area (Å²) < 4.78 is 10.5. The fourth-order valence-corrected chi connectivity index (χ4v) is 10.7. The van der Waals surface area contributed by atoms with E-state index in [1.165, 1.54) is 31.7 Å². The molecule has 0 bridgehead atoms. The summed E-state index contributed by atoms with van der Waals surface area (Å²) in [7, 11) is 0. The van der Waals surface area contributed by atoms with Gasteiger partial charge in [0, 0.05) is 61.1 Å². The maximum atomic E-state index is 11.5. The Hall–Kier alpha value is -9.28. The molecule has 3 N–H and O–H groups in total. The third-order valence-corrected chi connectivity index (χ3v) is 18.0. The molecule has 0 heterocycles. The summed E-state index contributed by atoms with van der Waals surface area (Å²) in [5, 5.41) is 9.41. The van der Waals surface area contributed by atoms with E-state index in [2.05, 4.69) is 290 Å². The van der Waals surface area contributed by atoms with E-state index in [9.17, 15) is 33.9 Å². The minimum atomic E-state index is -0.408. The highest BCUT2D eigenvalue weighted by atomic mass is 16.6. The summed E-state index contributed by atoms with van der Waals surface area (Å²) in [6.07, 6.45) is 132. The van der Waals surface area contributed by atoms with Crippen LogP contribution in [0.25, 0.3) is 0 Å². The number of nitrogens with two attached hydrogens (primary N) is 1. The third kappa shape index (κ3) is 109. The fraction of sp³-hybridized carbons (Fsp3) is 0.525. The van der Waals surface area contributed by atoms with Crippen LogP contribution >= 0.6 is 0 Å². The molecule has 0 atom stereocenters. The van der Waals surface area contributed by atoms with Crippen molar-refractivity contribution in [2.75, 3.05) is 5.73 Å². The lowest BCUT2D eigenvalue weighted by molar-refractivity contribution is -0.155. The molecule has 0 spiro atoms. The number of esters is 2.